The molecule has 3 aromatic carbocycles. The van der Waals surface area contributed by atoms with E-state index in [0.29, 0.717) is 34.6 Å². The van der Waals surface area contributed by atoms with Gasteiger partial charge in [0, 0.05) is 22.9 Å². The maximum atomic E-state index is 12.2. The second-order valence-corrected chi connectivity index (χ2v) is 7.72. The van der Waals surface area contributed by atoms with Crippen LogP contribution in [0.15, 0.2) is 60.7 Å². The Labute approximate surface area is 192 Å². The van der Waals surface area contributed by atoms with Gasteiger partial charge < -0.3 is 20.1 Å². The first kappa shape index (κ1) is 22.8. The smallest absolute Gasteiger partial charge is 0.262 e. The molecule has 0 unspecified atom stereocenters. The van der Waals surface area contributed by atoms with E-state index in [2.05, 4.69) is 10.6 Å². The Kier molecular flexibility index (Phi) is 8.04. The molecule has 3 rings (SSSR count). The van der Waals surface area contributed by atoms with Crippen molar-refractivity contribution < 1.29 is 14.3 Å². The predicted molar refractivity (Wildman–Crippen MR) is 127 cm³/mol. The van der Waals surface area contributed by atoms with Crippen LogP contribution in [0.3, 0.4) is 0 Å². The predicted octanol–water partition coefficient (Wildman–Crippen LogP) is 6.33. The van der Waals surface area contributed by atoms with E-state index >= 15 is 0 Å². The van der Waals surface area contributed by atoms with E-state index in [1.165, 1.54) is 0 Å². The summed E-state index contributed by atoms with van der Waals surface area (Å²) >= 11 is 12.3. The number of nitrogens with one attached hydrogen (secondary N) is 2. The van der Waals surface area contributed by atoms with Crippen molar-refractivity contribution in [3.63, 3.8) is 0 Å². The van der Waals surface area contributed by atoms with E-state index in [0.717, 1.165) is 22.6 Å². The van der Waals surface area contributed by atoms with Crippen LogP contribution in [0.2, 0.25) is 10.0 Å². The van der Waals surface area contributed by atoms with Crippen molar-refractivity contribution in [2.75, 3.05) is 23.8 Å². The summed E-state index contributed by atoms with van der Waals surface area (Å²) in [5, 5.41) is 7.12. The molecule has 2 N–H and O–H groups in total. The lowest BCUT2D eigenvalue weighted by Crippen LogP contribution is -2.20. The SMILES string of the molecule is CCOc1ccc(NCc2ccc(OCC(=O)Nc3cc(Cl)ccc3C)c(Cl)c2)cc1. The highest BCUT2D eigenvalue weighted by molar-refractivity contribution is 6.32. The number of ether oxygens (including phenoxy) is 2. The summed E-state index contributed by atoms with van der Waals surface area (Å²) in [5.41, 5.74) is 3.54. The molecule has 0 fully saturated rings. The number of halogens is 2. The lowest BCUT2D eigenvalue weighted by Gasteiger charge is -2.12. The van der Waals surface area contributed by atoms with Crippen LogP contribution >= 0.6 is 23.2 Å². The minimum atomic E-state index is -0.289. The molecule has 0 heterocycles. The third-order valence-corrected chi connectivity index (χ3v) is 5.02. The Morgan fingerprint density at radius 2 is 1.74 bits per heavy atom. The number of carbonyl (C=O) groups excluding carboxylic acids is 1. The van der Waals surface area contributed by atoms with Crippen LogP contribution in [0.4, 0.5) is 11.4 Å². The highest BCUT2D eigenvalue weighted by atomic mass is 35.5. The van der Waals surface area contributed by atoms with Gasteiger partial charge in [0.15, 0.2) is 6.61 Å². The lowest BCUT2D eigenvalue weighted by atomic mass is 10.2. The van der Waals surface area contributed by atoms with Crippen molar-refractivity contribution in [3.8, 4) is 11.5 Å². The molecule has 7 heteroatoms. The molecule has 0 bridgehead atoms. The summed E-state index contributed by atoms with van der Waals surface area (Å²) < 4.78 is 11.0. The number of rotatable bonds is 9. The van der Waals surface area contributed by atoms with Gasteiger partial charge in [-0.1, -0.05) is 35.3 Å². The molecule has 0 atom stereocenters. The van der Waals surface area contributed by atoms with E-state index < -0.39 is 0 Å². The van der Waals surface area contributed by atoms with Crippen LogP contribution in [-0.2, 0) is 11.3 Å². The standard InChI is InChI=1S/C24H24Cl2N2O3/c1-3-30-20-9-7-19(8-10-20)27-14-17-5-11-23(21(26)12-17)31-15-24(29)28-22-13-18(25)6-4-16(22)2/h4-13,27H,3,14-15H2,1-2H3,(H,28,29). The van der Waals surface area contributed by atoms with Crippen LogP contribution in [-0.4, -0.2) is 19.1 Å². The number of carbonyl (C=O) groups is 1. The fourth-order valence-corrected chi connectivity index (χ4v) is 3.30. The van der Waals surface area contributed by atoms with E-state index in [4.69, 9.17) is 32.7 Å². The fraction of sp³-hybridized carbons (Fsp3) is 0.208. The minimum absolute atomic E-state index is 0.157. The molecule has 1 amide bonds. The van der Waals surface area contributed by atoms with Gasteiger partial charge in [-0.05, 0) is 73.5 Å². The van der Waals surface area contributed by atoms with Gasteiger partial charge in [0.2, 0.25) is 0 Å². The zero-order valence-electron chi connectivity index (χ0n) is 17.4. The van der Waals surface area contributed by atoms with Crippen LogP contribution in [0.5, 0.6) is 11.5 Å². The normalized spacial score (nSPS) is 10.5. The molecule has 0 saturated carbocycles. The number of hydrogen-bond acceptors (Lipinski definition) is 4. The third-order valence-electron chi connectivity index (χ3n) is 4.49. The van der Waals surface area contributed by atoms with Gasteiger partial charge in [-0.2, -0.15) is 0 Å². The molecule has 3 aromatic rings. The summed E-state index contributed by atoms with van der Waals surface area (Å²) in [6.45, 7) is 4.93. The average molecular weight is 459 g/mol. The fourth-order valence-electron chi connectivity index (χ4n) is 2.87. The maximum Gasteiger partial charge on any atom is 0.262 e. The highest BCUT2D eigenvalue weighted by Gasteiger charge is 2.09. The summed E-state index contributed by atoms with van der Waals surface area (Å²) in [6, 6.07) is 18.6. The Morgan fingerprint density at radius 3 is 2.45 bits per heavy atom. The van der Waals surface area contributed by atoms with Gasteiger partial charge in [-0.15, -0.1) is 0 Å². The second kappa shape index (κ2) is 10.9. The molecule has 5 nitrogen and oxygen atoms in total. The zero-order chi connectivity index (χ0) is 22.2. The highest BCUT2D eigenvalue weighted by Crippen LogP contribution is 2.26. The lowest BCUT2D eigenvalue weighted by molar-refractivity contribution is -0.118. The molecule has 0 aliphatic heterocycles. The number of anilines is 2. The summed E-state index contributed by atoms with van der Waals surface area (Å²) in [5.74, 6) is 0.999. The summed E-state index contributed by atoms with van der Waals surface area (Å²) in [7, 11) is 0. The first-order chi connectivity index (χ1) is 14.9. The van der Waals surface area contributed by atoms with Crippen molar-refractivity contribution in [2.45, 2.75) is 20.4 Å². The Balaban J connectivity index is 1.51. The van der Waals surface area contributed by atoms with Crippen LogP contribution in [0, 0.1) is 6.92 Å². The van der Waals surface area contributed by atoms with E-state index in [1.54, 1.807) is 18.2 Å². The van der Waals surface area contributed by atoms with Crippen molar-refractivity contribution in [2.24, 2.45) is 0 Å². The van der Waals surface area contributed by atoms with Crippen LogP contribution < -0.4 is 20.1 Å². The molecular formula is C24H24Cl2N2O3. The second-order valence-electron chi connectivity index (χ2n) is 6.87. The van der Waals surface area contributed by atoms with Crippen molar-refractivity contribution >= 4 is 40.5 Å². The average Bonchev–Trinajstić information content (AvgIpc) is 2.75. The van der Waals surface area contributed by atoms with Crippen molar-refractivity contribution in [1.29, 1.82) is 0 Å². The van der Waals surface area contributed by atoms with Crippen LogP contribution in [0.25, 0.3) is 0 Å². The van der Waals surface area contributed by atoms with E-state index in [9.17, 15) is 4.79 Å². The topological polar surface area (TPSA) is 59.6 Å². The van der Waals surface area contributed by atoms with Crippen molar-refractivity contribution in [3.05, 3.63) is 81.8 Å². The summed E-state index contributed by atoms with van der Waals surface area (Å²) in [6.07, 6.45) is 0. The van der Waals surface area contributed by atoms with Crippen LogP contribution in [0.1, 0.15) is 18.1 Å². The molecule has 0 aromatic heterocycles. The molecule has 0 saturated heterocycles. The van der Waals surface area contributed by atoms with Crippen molar-refractivity contribution in [1.82, 2.24) is 0 Å². The molecule has 0 spiro atoms. The van der Waals surface area contributed by atoms with E-state index in [-0.39, 0.29) is 12.5 Å². The maximum absolute atomic E-state index is 12.2. The molecule has 0 radical (unpaired) electrons. The zero-order valence-corrected chi connectivity index (χ0v) is 18.9. The first-order valence-electron chi connectivity index (χ1n) is 9.88. The van der Waals surface area contributed by atoms with Gasteiger partial charge in [-0.3, -0.25) is 4.79 Å². The monoisotopic (exact) mass is 458 g/mol. The summed E-state index contributed by atoms with van der Waals surface area (Å²) in [4.78, 5) is 12.2. The quantitative estimate of drug-likeness (QED) is 0.393. The number of hydrogen-bond donors (Lipinski definition) is 2. The van der Waals surface area contributed by atoms with Gasteiger partial charge in [0.05, 0.1) is 11.6 Å². The van der Waals surface area contributed by atoms with Gasteiger partial charge in [0.1, 0.15) is 11.5 Å². The molecular weight excluding hydrogens is 435 g/mol. The van der Waals surface area contributed by atoms with Gasteiger partial charge >= 0.3 is 0 Å². The van der Waals surface area contributed by atoms with Gasteiger partial charge in [0.25, 0.3) is 5.91 Å². The Hall–Kier alpha value is -2.89. The van der Waals surface area contributed by atoms with Gasteiger partial charge in [-0.25, -0.2) is 0 Å². The number of aryl methyl sites for hydroxylation is 1. The minimum Gasteiger partial charge on any atom is -0.494 e. The molecule has 31 heavy (non-hydrogen) atoms. The molecule has 0 aliphatic rings. The molecule has 0 aliphatic carbocycles. The first-order valence-corrected chi connectivity index (χ1v) is 10.6. The molecule has 162 valence electrons. The Bertz CT molecular complexity index is 1040. The number of benzene rings is 3. The third kappa shape index (κ3) is 6.81. The Morgan fingerprint density at radius 1 is 0.968 bits per heavy atom. The van der Waals surface area contributed by atoms with E-state index in [1.807, 2.05) is 56.3 Å². The largest absolute Gasteiger partial charge is 0.494 e. The number of amides is 1.